The first kappa shape index (κ1) is 13.2. The van der Waals surface area contributed by atoms with E-state index in [0.717, 1.165) is 16.5 Å². The third kappa shape index (κ3) is 2.47. The fraction of sp³-hybridized carbons (Fsp3) is 0.200. The monoisotopic (exact) mass is 284 g/mol. The number of carbonyl (C=O) groups is 1. The molecule has 21 heavy (non-hydrogen) atoms. The summed E-state index contributed by atoms with van der Waals surface area (Å²) in [5.41, 5.74) is 8.43. The molecule has 2 heterocycles. The summed E-state index contributed by atoms with van der Waals surface area (Å²) in [6, 6.07) is 7.53. The van der Waals surface area contributed by atoms with Crippen LogP contribution < -0.4 is 11.1 Å². The van der Waals surface area contributed by atoms with Crippen molar-refractivity contribution in [3.63, 3.8) is 0 Å². The second-order valence-electron chi connectivity index (χ2n) is 5.01. The third-order valence-corrected chi connectivity index (χ3v) is 3.40. The first-order valence-electron chi connectivity index (χ1n) is 6.59. The maximum Gasteiger partial charge on any atom is 0.287 e. The molecular weight excluding hydrogens is 268 g/mol. The van der Waals surface area contributed by atoms with Crippen molar-refractivity contribution in [1.82, 2.24) is 15.1 Å². The number of nitrogens with two attached hydrogens (primary N) is 1. The zero-order valence-corrected chi connectivity index (χ0v) is 11.9. The molecule has 3 aromatic rings. The fourth-order valence-corrected chi connectivity index (χ4v) is 2.17. The van der Waals surface area contributed by atoms with Crippen LogP contribution in [0, 0.1) is 6.92 Å². The number of benzene rings is 1. The van der Waals surface area contributed by atoms with Crippen LogP contribution in [0.25, 0.3) is 11.0 Å². The number of rotatable bonds is 3. The lowest BCUT2D eigenvalue weighted by molar-refractivity contribution is 0.0925. The van der Waals surface area contributed by atoms with Gasteiger partial charge in [-0.05, 0) is 25.1 Å². The molecule has 0 aliphatic heterocycles. The summed E-state index contributed by atoms with van der Waals surface area (Å²) >= 11 is 0. The minimum absolute atomic E-state index is 0.271. The Labute approximate surface area is 121 Å². The molecule has 0 saturated carbocycles. The molecule has 0 saturated heterocycles. The van der Waals surface area contributed by atoms with Gasteiger partial charge >= 0.3 is 0 Å². The molecule has 0 aliphatic carbocycles. The second kappa shape index (κ2) is 4.97. The molecule has 0 bridgehead atoms. The number of nitrogens with zero attached hydrogens (tertiary/aromatic N) is 2. The van der Waals surface area contributed by atoms with Crippen LogP contribution in [-0.4, -0.2) is 15.7 Å². The molecular formula is C15H16N4O2. The lowest BCUT2D eigenvalue weighted by atomic mass is 10.2. The molecule has 0 radical (unpaired) electrons. The van der Waals surface area contributed by atoms with E-state index >= 15 is 0 Å². The molecule has 6 heteroatoms. The molecule has 1 amide bonds. The van der Waals surface area contributed by atoms with Crippen molar-refractivity contribution in [1.29, 1.82) is 0 Å². The number of fused-ring (bicyclic) bond motifs is 1. The predicted molar refractivity (Wildman–Crippen MR) is 79.7 cm³/mol. The van der Waals surface area contributed by atoms with Crippen molar-refractivity contribution >= 4 is 22.7 Å². The zero-order chi connectivity index (χ0) is 15.0. The number of furan rings is 1. The van der Waals surface area contributed by atoms with Crippen LogP contribution in [0.5, 0.6) is 0 Å². The molecule has 0 spiro atoms. The number of nitrogens with one attached hydrogen (secondary N) is 1. The number of anilines is 1. The summed E-state index contributed by atoms with van der Waals surface area (Å²) < 4.78 is 7.11. The van der Waals surface area contributed by atoms with Gasteiger partial charge in [0.25, 0.3) is 5.91 Å². The number of amides is 1. The summed E-state index contributed by atoms with van der Waals surface area (Å²) in [7, 11) is 1.75. The van der Waals surface area contributed by atoms with Crippen molar-refractivity contribution in [2.24, 2.45) is 7.05 Å². The average Bonchev–Trinajstić information content (AvgIpc) is 3.01. The third-order valence-electron chi connectivity index (χ3n) is 3.40. The van der Waals surface area contributed by atoms with Crippen LogP contribution >= 0.6 is 0 Å². The average molecular weight is 284 g/mol. The highest BCUT2D eigenvalue weighted by molar-refractivity contribution is 5.96. The number of aromatic nitrogens is 2. The molecule has 0 fully saturated rings. The lowest BCUT2D eigenvalue weighted by Crippen LogP contribution is -2.22. The van der Waals surface area contributed by atoms with Crippen LogP contribution in [0.15, 0.2) is 34.9 Å². The SMILES string of the molecule is Cc1ccc2oc(C(=O)NCc3cnn(C)c3N)cc2c1. The molecule has 0 unspecified atom stereocenters. The van der Waals surface area contributed by atoms with Gasteiger partial charge in [-0.1, -0.05) is 11.6 Å². The minimum atomic E-state index is -0.271. The Morgan fingerprint density at radius 3 is 2.95 bits per heavy atom. The van der Waals surface area contributed by atoms with E-state index in [1.165, 1.54) is 0 Å². The summed E-state index contributed by atoms with van der Waals surface area (Å²) in [5.74, 6) is 0.556. The van der Waals surface area contributed by atoms with E-state index in [0.29, 0.717) is 17.9 Å². The summed E-state index contributed by atoms with van der Waals surface area (Å²) in [6.07, 6.45) is 1.64. The van der Waals surface area contributed by atoms with Gasteiger partial charge in [0.05, 0.1) is 6.20 Å². The van der Waals surface area contributed by atoms with Crippen molar-refractivity contribution in [2.45, 2.75) is 13.5 Å². The molecule has 3 N–H and O–H groups in total. The second-order valence-corrected chi connectivity index (χ2v) is 5.01. The molecule has 0 aliphatic rings. The molecule has 0 atom stereocenters. The van der Waals surface area contributed by atoms with Crippen LogP contribution in [0.2, 0.25) is 0 Å². The maximum absolute atomic E-state index is 12.1. The van der Waals surface area contributed by atoms with Crippen molar-refractivity contribution < 1.29 is 9.21 Å². The van der Waals surface area contributed by atoms with Crippen LogP contribution in [0.4, 0.5) is 5.82 Å². The molecule has 3 rings (SSSR count). The fourth-order valence-electron chi connectivity index (χ4n) is 2.17. The Kier molecular flexibility index (Phi) is 3.13. The van der Waals surface area contributed by atoms with Gasteiger partial charge in [0.15, 0.2) is 5.76 Å². The van der Waals surface area contributed by atoms with Gasteiger partial charge in [0.2, 0.25) is 0 Å². The highest BCUT2D eigenvalue weighted by Gasteiger charge is 2.13. The Morgan fingerprint density at radius 1 is 1.43 bits per heavy atom. The Bertz CT molecular complexity index is 816. The first-order chi connectivity index (χ1) is 10.0. The Hall–Kier alpha value is -2.76. The van der Waals surface area contributed by atoms with Gasteiger partial charge in [0.1, 0.15) is 11.4 Å². The number of hydrogen-bond donors (Lipinski definition) is 2. The number of nitrogen functional groups attached to an aromatic ring is 1. The van der Waals surface area contributed by atoms with Crippen molar-refractivity contribution in [3.8, 4) is 0 Å². The van der Waals surface area contributed by atoms with Crippen LogP contribution in [-0.2, 0) is 13.6 Å². The van der Waals surface area contributed by atoms with Gasteiger partial charge < -0.3 is 15.5 Å². The topological polar surface area (TPSA) is 86.1 Å². The Morgan fingerprint density at radius 2 is 2.24 bits per heavy atom. The summed E-state index contributed by atoms with van der Waals surface area (Å²) in [6.45, 7) is 2.31. The minimum Gasteiger partial charge on any atom is -0.451 e. The highest BCUT2D eigenvalue weighted by Crippen LogP contribution is 2.20. The molecule has 108 valence electrons. The molecule has 2 aromatic heterocycles. The van der Waals surface area contributed by atoms with Crippen molar-refractivity contribution in [2.75, 3.05) is 5.73 Å². The number of aryl methyl sites for hydroxylation is 2. The first-order valence-corrected chi connectivity index (χ1v) is 6.59. The lowest BCUT2D eigenvalue weighted by Gasteiger charge is -2.02. The van der Waals surface area contributed by atoms with E-state index < -0.39 is 0 Å². The van der Waals surface area contributed by atoms with Gasteiger partial charge in [-0.25, -0.2) is 0 Å². The maximum atomic E-state index is 12.1. The molecule has 1 aromatic carbocycles. The van der Waals surface area contributed by atoms with E-state index in [2.05, 4.69) is 10.4 Å². The largest absolute Gasteiger partial charge is 0.451 e. The molecule has 6 nitrogen and oxygen atoms in total. The van der Waals surface area contributed by atoms with E-state index in [9.17, 15) is 4.79 Å². The normalized spacial score (nSPS) is 11.0. The van der Waals surface area contributed by atoms with E-state index in [1.807, 2.05) is 25.1 Å². The van der Waals surface area contributed by atoms with Gasteiger partial charge in [0, 0.05) is 24.5 Å². The summed E-state index contributed by atoms with van der Waals surface area (Å²) in [5, 5.41) is 7.72. The van der Waals surface area contributed by atoms with E-state index in [4.69, 9.17) is 10.2 Å². The predicted octanol–water partition coefficient (Wildman–Crippen LogP) is 1.99. The summed E-state index contributed by atoms with van der Waals surface area (Å²) in [4.78, 5) is 12.1. The van der Waals surface area contributed by atoms with Gasteiger partial charge in [-0.3, -0.25) is 9.48 Å². The smallest absolute Gasteiger partial charge is 0.287 e. The number of carbonyl (C=O) groups excluding carboxylic acids is 1. The Balaban J connectivity index is 1.76. The van der Waals surface area contributed by atoms with E-state index in [-0.39, 0.29) is 11.7 Å². The van der Waals surface area contributed by atoms with Crippen molar-refractivity contribution in [3.05, 3.63) is 47.3 Å². The zero-order valence-electron chi connectivity index (χ0n) is 11.9. The highest BCUT2D eigenvalue weighted by atomic mass is 16.3. The van der Waals surface area contributed by atoms with Crippen LogP contribution in [0.1, 0.15) is 21.7 Å². The standard InChI is InChI=1S/C15H16N4O2/c1-9-3-4-12-10(5-9)6-13(21-12)15(20)17-7-11-8-18-19(2)14(11)16/h3-6,8H,7,16H2,1-2H3,(H,17,20). The quantitative estimate of drug-likeness (QED) is 0.770. The number of hydrogen-bond acceptors (Lipinski definition) is 4. The van der Waals surface area contributed by atoms with Gasteiger partial charge in [-0.2, -0.15) is 5.10 Å². The van der Waals surface area contributed by atoms with Gasteiger partial charge in [-0.15, -0.1) is 0 Å². The van der Waals surface area contributed by atoms with E-state index in [1.54, 1.807) is 24.0 Å². The van der Waals surface area contributed by atoms with Crippen LogP contribution in [0.3, 0.4) is 0 Å².